The van der Waals surface area contributed by atoms with Gasteiger partial charge in [0.1, 0.15) is 4.90 Å². The van der Waals surface area contributed by atoms with E-state index in [0.29, 0.717) is 0 Å². The Labute approximate surface area is 182 Å². The standard InChI is InChI=1S/C20H14N2O8S2/c21-18-15(32(28,29)30)9-14(22-10-5-7-11(8-6-10)31(25,26)27)16-17(18)20(24)13-4-2-1-3-12(13)19(16)23/h1-9,22H,21H2,(H,25,26,27)(H,28,29,30). The van der Waals surface area contributed by atoms with Crippen LogP contribution in [-0.4, -0.2) is 37.5 Å². The first kappa shape index (κ1) is 21.6. The van der Waals surface area contributed by atoms with Crippen molar-refractivity contribution >= 4 is 48.9 Å². The van der Waals surface area contributed by atoms with Crippen LogP contribution in [-0.2, 0) is 20.2 Å². The highest BCUT2D eigenvalue weighted by molar-refractivity contribution is 7.86. The molecule has 1 aliphatic carbocycles. The van der Waals surface area contributed by atoms with Gasteiger partial charge in [-0.15, -0.1) is 0 Å². The van der Waals surface area contributed by atoms with Crippen molar-refractivity contribution in [1.29, 1.82) is 0 Å². The van der Waals surface area contributed by atoms with Crippen molar-refractivity contribution in [1.82, 2.24) is 0 Å². The lowest BCUT2D eigenvalue weighted by molar-refractivity contribution is 0.0980. The molecule has 0 heterocycles. The van der Waals surface area contributed by atoms with Crippen LogP contribution in [0.1, 0.15) is 31.8 Å². The Morgan fingerprint density at radius 3 is 1.78 bits per heavy atom. The molecule has 4 rings (SSSR count). The maximum Gasteiger partial charge on any atom is 0.296 e. The predicted octanol–water partition coefficient (Wildman–Crippen LogP) is 2.28. The molecular formula is C20H14N2O8S2. The number of fused-ring (bicyclic) bond motifs is 2. The van der Waals surface area contributed by atoms with Crippen LogP contribution in [0.3, 0.4) is 0 Å². The molecule has 0 amide bonds. The van der Waals surface area contributed by atoms with E-state index in [0.717, 1.165) is 18.2 Å². The molecule has 0 atom stereocenters. The van der Waals surface area contributed by atoms with E-state index < -0.39 is 42.4 Å². The second-order valence-corrected chi connectivity index (χ2v) is 9.70. The summed E-state index contributed by atoms with van der Waals surface area (Å²) in [5, 5.41) is 2.75. The Hall–Kier alpha value is -3.58. The highest BCUT2D eigenvalue weighted by Crippen LogP contribution is 2.40. The summed E-state index contributed by atoms with van der Waals surface area (Å²) in [6.07, 6.45) is 0. The van der Waals surface area contributed by atoms with Crippen molar-refractivity contribution in [2.75, 3.05) is 11.1 Å². The Morgan fingerprint density at radius 1 is 0.750 bits per heavy atom. The highest BCUT2D eigenvalue weighted by atomic mass is 32.2. The first-order valence-corrected chi connectivity index (χ1v) is 11.7. The van der Waals surface area contributed by atoms with Crippen LogP contribution in [0.25, 0.3) is 0 Å². The summed E-state index contributed by atoms with van der Waals surface area (Å²) in [7, 11) is -9.31. The van der Waals surface area contributed by atoms with Crippen LogP contribution in [0, 0.1) is 0 Å². The Morgan fingerprint density at radius 2 is 1.28 bits per heavy atom. The summed E-state index contributed by atoms with van der Waals surface area (Å²) in [5.74, 6) is -1.29. The number of nitrogens with two attached hydrogens (primary N) is 1. The molecule has 0 radical (unpaired) electrons. The van der Waals surface area contributed by atoms with Gasteiger partial charge < -0.3 is 11.1 Å². The average molecular weight is 474 g/mol. The van der Waals surface area contributed by atoms with Crippen LogP contribution < -0.4 is 11.1 Å². The van der Waals surface area contributed by atoms with Crippen molar-refractivity contribution in [3.63, 3.8) is 0 Å². The molecule has 0 fully saturated rings. The molecule has 0 saturated carbocycles. The lowest BCUT2D eigenvalue weighted by atomic mass is 9.82. The number of hydrogen-bond donors (Lipinski definition) is 4. The number of carbonyl (C=O) groups excluding carboxylic acids is 2. The van der Waals surface area contributed by atoms with Gasteiger partial charge in [-0.3, -0.25) is 18.7 Å². The van der Waals surface area contributed by atoms with Gasteiger partial charge in [0.25, 0.3) is 20.2 Å². The zero-order valence-electron chi connectivity index (χ0n) is 15.9. The molecule has 3 aromatic rings. The third-order valence-electron chi connectivity index (χ3n) is 4.91. The van der Waals surface area contributed by atoms with E-state index >= 15 is 0 Å². The molecule has 32 heavy (non-hydrogen) atoms. The molecule has 0 aliphatic heterocycles. The van der Waals surface area contributed by atoms with Crippen molar-refractivity contribution in [2.24, 2.45) is 0 Å². The smallest absolute Gasteiger partial charge is 0.296 e. The Bertz CT molecular complexity index is 1530. The summed E-state index contributed by atoms with van der Waals surface area (Å²) in [6.45, 7) is 0. The Balaban J connectivity index is 1.95. The summed E-state index contributed by atoms with van der Waals surface area (Å²) in [4.78, 5) is 25.1. The quantitative estimate of drug-likeness (QED) is 0.253. The summed E-state index contributed by atoms with van der Waals surface area (Å²) >= 11 is 0. The fraction of sp³-hybridized carbons (Fsp3) is 0. The van der Waals surface area contributed by atoms with Crippen molar-refractivity contribution in [3.05, 3.63) is 76.9 Å². The monoisotopic (exact) mass is 474 g/mol. The lowest BCUT2D eigenvalue weighted by Gasteiger charge is -2.23. The number of benzene rings is 3. The van der Waals surface area contributed by atoms with Gasteiger partial charge in [-0.25, -0.2) is 0 Å². The van der Waals surface area contributed by atoms with Gasteiger partial charge in [0.05, 0.1) is 27.4 Å². The minimum absolute atomic E-state index is 0.0349. The van der Waals surface area contributed by atoms with E-state index in [9.17, 15) is 31.0 Å². The molecule has 5 N–H and O–H groups in total. The largest absolute Gasteiger partial charge is 0.397 e. The summed E-state index contributed by atoms with van der Waals surface area (Å²) in [5.41, 5.74) is 4.94. The molecule has 0 spiro atoms. The van der Waals surface area contributed by atoms with Gasteiger partial charge >= 0.3 is 0 Å². The molecule has 0 aromatic heterocycles. The van der Waals surface area contributed by atoms with Crippen LogP contribution >= 0.6 is 0 Å². The summed E-state index contributed by atoms with van der Waals surface area (Å²) in [6, 6.07) is 11.5. The van der Waals surface area contributed by atoms with Crippen LogP contribution in [0.4, 0.5) is 17.1 Å². The van der Waals surface area contributed by atoms with Crippen LogP contribution in [0.5, 0.6) is 0 Å². The van der Waals surface area contributed by atoms with Crippen LogP contribution in [0.2, 0.25) is 0 Å². The van der Waals surface area contributed by atoms with Gasteiger partial charge in [-0.1, -0.05) is 24.3 Å². The highest BCUT2D eigenvalue weighted by Gasteiger charge is 2.36. The third-order valence-corrected chi connectivity index (χ3v) is 6.67. The van der Waals surface area contributed by atoms with E-state index in [1.165, 1.54) is 30.3 Å². The number of rotatable bonds is 4. The fourth-order valence-corrected chi connectivity index (χ4v) is 4.60. The first-order chi connectivity index (χ1) is 14.9. The molecule has 3 aromatic carbocycles. The van der Waals surface area contributed by atoms with Gasteiger partial charge in [0, 0.05) is 16.8 Å². The minimum atomic E-state index is -4.87. The molecular weight excluding hydrogens is 460 g/mol. The lowest BCUT2D eigenvalue weighted by Crippen LogP contribution is -2.25. The van der Waals surface area contributed by atoms with E-state index in [1.54, 1.807) is 6.07 Å². The fourth-order valence-electron chi connectivity index (χ4n) is 3.47. The second-order valence-electron chi connectivity index (χ2n) is 6.89. The maximum absolute atomic E-state index is 13.2. The molecule has 0 bridgehead atoms. The number of anilines is 3. The SMILES string of the molecule is Nc1c(S(=O)(=O)O)cc(Nc2ccc(S(=O)(=O)O)cc2)c2c1C(=O)c1ccccc1C2=O. The minimum Gasteiger partial charge on any atom is -0.397 e. The normalized spacial score (nSPS) is 13.4. The molecule has 0 saturated heterocycles. The molecule has 1 aliphatic rings. The van der Waals surface area contributed by atoms with Crippen molar-refractivity contribution < 1.29 is 35.5 Å². The number of carbonyl (C=O) groups is 2. The molecule has 0 unspecified atom stereocenters. The van der Waals surface area contributed by atoms with Gasteiger partial charge in [-0.2, -0.15) is 16.8 Å². The van der Waals surface area contributed by atoms with Crippen molar-refractivity contribution in [2.45, 2.75) is 9.79 Å². The van der Waals surface area contributed by atoms with Crippen LogP contribution in [0.15, 0.2) is 64.4 Å². The molecule has 12 heteroatoms. The van der Waals surface area contributed by atoms with E-state index in [-0.39, 0.29) is 38.5 Å². The third kappa shape index (κ3) is 3.54. The van der Waals surface area contributed by atoms with Crippen molar-refractivity contribution in [3.8, 4) is 0 Å². The number of nitrogens with one attached hydrogen (secondary N) is 1. The van der Waals surface area contributed by atoms with Gasteiger partial charge in [0.2, 0.25) is 0 Å². The number of hydrogen-bond acceptors (Lipinski definition) is 8. The van der Waals surface area contributed by atoms with Gasteiger partial charge in [0.15, 0.2) is 11.6 Å². The second kappa shape index (κ2) is 7.24. The Kier molecular flexibility index (Phi) is 4.90. The first-order valence-electron chi connectivity index (χ1n) is 8.86. The number of ketones is 2. The number of nitrogen functional groups attached to an aromatic ring is 1. The van der Waals surface area contributed by atoms with E-state index in [2.05, 4.69) is 5.32 Å². The topological polar surface area (TPSA) is 181 Å². The molecule has 164 valence electrons. The van der Waals surface area contributed by atoms with Gasteiger partial charge in [-0.05, 0) is 30.3 Å². The zero-order valence-corrected chi connectivity index (χ0v) is 17.6. The van der Waals surface area contributed by atoms with E-state index in [1.807, 2.05) is 0 Å². The zero-order chi connectivity index (χ0) is 23.4. The molecule has 10 nitrogen and oxygen atoms in total. The summed E-state index contributed by atoms with van der Waals surface area (Å²) < 4.78 is 64.9. The van der Waals surface area contributed by atoms with E-state index in [4.69, 9.17) is 10.3 Å². The maximum atomic E-state index is 13.2. The average Bonchev–Trinajstić information content (AvgIpc) is 2.72. The predicted molar refractivity (Wildman–Crippen MR) is 114 cm³/mol.